The molecule has 0 spiro atoms. The maximum Gasteiger partial charge on any atom is 0.244 e. The highest BCUT2D eigenvalue weighted by Crippen LogP contribution is 2.24. The van der Waals surface area contributed by atoms with Gasteiger partial charge >= 0.3 is 0 Å². The van der Waals surface area contributed by atoms with Crippen molar-refractivity contribution in [2.45, 2.75) is 39.7 Å². The maximum absolute atomic E-state index is 12.3. The molecule has 0 aromatic heterocycles. The van der Waals surface area contributed by atoms with Crippen LogP contribution in [-0.4, -0.2) is 25.0 Å². The van der Waals surface area contributed by atoms with Crippen molar-refractivity contribution in [1.82, 2.24) is 5.32 Å². The lowest BCUT2D eigenvalue weighted by molar-refractivity contribution is -0.118. The van der Waals surface area contributed by atoms with E-state index in [1.165, 1.54) is 11.1 Å². The number of nitrogens with zero attached hydrogens (tertiary/aromatic N) is 1. The number of hydrogen-bond donors (Lipinski definition) is 1. The Morgan fingerprint density at radius 1 is 1.28 bits per heavy atom. The van der Waals surface area contributed by atoms with Crippen LogP contribution >= 0.6 is 0 Å². The van der Waals surface area contributed by atoms with Gasteiger partial charge in [-0.15, -0.1) is 0 Å². The number of amides is 1. The average Bonchev–Trinajstić information content (AvgIpc) is 2.67. The fraction of sp³-hybridized carbons (Fsp3) is 0.533. The van der Waals surface area contributed by atoms with Crippen molar-refractivity contribution >= 4 is 11.6 Å². The molecule has 1 fully saturated rings. The van der Waals surface area contributed by atoms with Crippen molar-refractivity contribution < 1.29 is 4.79 Å². The molecule has 1 aliphatic rings. The lowest BCUT2D eigenvalue weighted by atomic mass is 10.1. The molecule has 1 atom stereocenters. The van der Waals surface area contributed by atoms with Gasteiger partial charge in [0, 0.05) is 12.2 Å². The van der Waals surface area contributed by atoms with Crippen LogP contribution in [-0.2, 0) is 4.79 Å². The Bertz CT molecular complexity index is 422. The maximum atomic E-state index is 12.3. The van der Waals surface area contributed by atoms with Crippen molar-refractivity contribution in [3.8, 4) is 0 Å². The van der Waals surface area contributed by atoms with E-state index in [4.69, 9.17) is 0 Å². The first-order valence-electron chi connectivity index (χ1n) is 6.75. The molecule has 1 N–H and O–H groups in total. The van der Waals surface area contributed by atoms with E-state index in [0.717, 1.165) is 31.6 Å². The molecule has 1 saturated heterocycles. The highest BCUT2D eigenvalue weighted by Gasteiger charge is 2.31. The zero-order valence-electron chi connectivity index (χ0n) is 11.5. The van der Waals surface area contributed by atoms with E-state index in [2.05, 4.69) is 44.3 Å². The third-order valence-electron chi connectivity index (χ3n) is 3.36. The first kappa shape index (κ1) is 13.1. The Labute approximate surface area is 109 Å². The quantitative estimate of drug-likeness (QED) is 0.885. The lowest BCUT2D eigenvalue weighted by Crippen LogP contribution is -2.38. The van der Waals surface area contributed by atoms with Crippen molar-refractivity contribution in [2.75, 3.05) is 18.0 Å². The van der Waals surface area contributed by atoms with Crippen LogP contribution < -0.4 is 10.2 Å². The summed E-state index contributed by atoms with van der Waals surface area (Å²) in [7, 11) is 0. The molecule has 1 heterocycles. The van der Waals surface area contributed by atoms with Crippen LogP contribution in [0.4, 0.5) is 5.69 Å². The van der Waals surface area contributed by atoms with Gasteiger partial charge in [-0.1, -0.05) is 13.0 Å². The standard InChI is InChI=1S/C15H22N2O/c1-4-6-16-14-5-7-17(15(14)18)13-9-11(2)8-12(3)10-13/h8-10,14,16H,4-7H2,1-3H3. The number of benzene rings is 1. The minimum Gasteiger partial charge on any atom is -0.311 e. The zero-order valence-corrected chi connectivity index (χ0v) is 11.5. The molecule has 3 heteroatoms. The van der Waals surface area contributed by atoms with E-state index in [9.17, 15) is 4.79 Å². The summed E-state index contributed by atoms with van der Waals surface area (Å²) in [5, 5.41) is 3.32. The largest absolute Gasteiger partial charge is 0.311 e. The van der Waals surface area contributed by atoms with E-state index in [1.807, 2.05) is 4.90 Å². The number of hydrogen-bond acceptors (Lipinski definition) is 2. The van der Waals surface area contributed by atoms with E-state index in [0.29, 0.717) is 0 Å². The van der Waals surface area contributed by atoms with Crippen molar-refractivity contribution in [2.24, 2.45) is 0 Å². The second-order valence-electron chi connectivity index (χ2n) is 5.13. The van der Waals surface area contributed by atoms with Gasteiger partial charge in [-0.2, -0.15) is 0 Å². The summed E-state index contributed by atoms with van der Waals surface area (Å²) >= 11 is 0. The van der Waals surface area contributed by atoms with Gasteiger partial charge in [0.05, 0.1) is 6.04 Å². The molecule has 0 saturated carbocycles. The highest BCUT2D eigenvalue weighted by atomic mass is 16.2. The number of rotatable bonds is 4. The SMILES string of the molecule is CCCNC1CCN(c2cc(C)cc(C)c2)C1=O. The first-order chi connectivity index (χ1) is 8.61. The summed E-state index contributed by atoms with van der Waals surface area (Å²) in [6, 6.07) is 6.32. The van der Waals surface area contributed by atoms with Crippen molar-refractivity contribution in [3.05, 3.63) is 29.3 Å². The van der Waals surface area contributed by atoms with Gasteiger partial charge in [0.25, 0.3) is 0 Å². The second kappa shape index (κ2) is 5.53. The molecule has 0 aliphatic carbocycles. The number of anilines is 1. The predicted molar refractivity (Wildman–Crippen MR) is 75.0 cm³/mol. The molecule has 1 unspecified atom stereocenters. The van der Waals surface area contributed by atoms with E-state index < -0.39 is 0 Å². The number of nitrogens with one attached hydrogen (secondary N) is 1. The summed E-state index contributed by atoms with van der Waals surface area (Å²) in [6.45, 7) is 8.00. The molecule has 1 aromatic rings. The van der Waals surface area contributed by atoms with Gasteiger partial charge in [-0.05, 0) is 56.5 Å². The fourth-order valence-electron chi connectivity index (χ4n) is 2.55. The van der Waals surface area contributed by atoms with E-state index in [1.54, 1.807) is 0 Å². The Kier molecular flexibility index (Phi) is 4.02. The van der Waals surface area contributed by atoms with E-state index >= 15 is 0 Å². The summed E-state index contributed by atoms with van der Waals surface area (Å²) < 4.78 is 0. The number of aryl methyl sites for hydroxylation is 2. The van der Waals surface area contributed by atoms with Gasteiger partial charge in [-0.3, -0.25) is 4.79 Å². The van der Waals surface area contributed by atoms with Gasteiger partial charge < -0.3 is 10.2 Å². The van der Waals surface area contributed by atoms with Crippen LogP contribution in [0.5, 0.6) is 0 Å². The van der Waals surface area contributed by atoms with Crippen molar-refractivity contribution in [1.29, 1.82) is 0 Å². The fourth-order valence-corrected chi connectivity index (χ4v) is 2.55. The molecule has 0 bridgehead atoms. The molecule has 2 rings (SSSR count). The molecule has 0 radical (unpaired) electrons. The monoisotopic (exact) mass is 246 g/mol. The average molecular weight is 246 g/mol. The zero-order chi connectivity index (χ0) is 13.1. The summed E-state index contributed by atoms with van der Waals surface area (Å²) in [5.41, 5.74) is 3.46. The molecule has 98 valence electrons. The molecule has 1 aliphatic heterocycles. The number of carbonyl (C=O) groups is 1. The third kappa shape index (κ3) is 2.72. The summed E-state index contributed by atoms with van der Waals surface area (Å²) in [6.07, 6.45) is 1.97. The molecular formula is C15H22N2O. The first-order valence-corrected chi connectivity index (χ1v) is 6.75. The molecule has 3 nitrogen and oxygen atoms in total. The lowest BCUT2D eigenvalue weighted by Gasteiger charge is -2.18. The molecule has 1 amide bonds. The molecule has 1 aromatic carbocycles. The number of carbonyl (C=O) groups excluding carboxylic acids is 1. The van der Waals surface area contributed by atoms with Gasteiger partial charge in [-0.25, -0.2) is 0 Å². The van der Waals surface area contributed by atoms with E-state index in [-0.39, 0.29) is 11.9 Å². The molecule has 18 heavy (non-hydrogen) atoms. The van der Waals surface area contributed by atoms with Crippen LogP contribution in [0.2, 0.25) is 0 Å². The Morgan fingerprint density at radius 3 is 2.56 bits per heavy atom. The Morgan fingerprint density at radius 2 is 1.94 bits per heavy atom. The predicted octanol–water partition coefficient (Wildman–Crippen LogP) is 2.41. The van der Waals surface area contributed by atoms with Crippen LogP contribution in [0.15, 0.2) is 18.2 Å². The minimum atomic E-state index is 0.00534. The van der Waals surface area contributed by atoms with Gasteiger partial charge in [0.1, 0.15) is 0 Å². The van der Waals surface area contributed by atoms with Gasteiger partial charge in [0.15, 0.2) is 0 Å². The smallest absolute Gasteiger partial charge is 0.244 e. The Balaban J connectivity index is 2.13. The van der Waals surface area contributed by atoms with Crippen LogP contribution in [0.3, 0.4) is 0 Å². The Hall–Kier alpha value is -1.35. The van der Waals surface area contributed by atoms with Gasteiger partial charge in [0.2, 0.25) is 5.91 Å². The summed E-state index contributed by atoms with van der Waals surface area (Å²) in [4.78, 5) is 14.2. The van der Waals surface area contributed by atoms with Crippen molar-refractivity contribution in [3.63, 3.8) is 0 Å². The van der Waals surface area contributed by atoms with Crippen LogP contribution in [0.25, 0.3) is 0 Å². The van der Waals surface area contributed by atoms with Crippen LogP contribution in [0, 0.1) is 13.8 Å². The highest BCUT2D eigenvalue weighted by molar-refractivity contribution is 5.99. The minimum absolute atomic E-state index is 0.00534. The molecular weight excluding hydrogens is 224 g/mol. The third-order valence-corrected chi connectivity index (χ3v) is 3.36. The summed E-state index contributed by atoms with van der Waals surface area (Å²) in [5.74, 6) is 0.216. The normalized spacial score (nSPS) is 19.6. The topological polar surface area (TPSA) is 32.3 Å². The van der Waals surface area contributed by atoms with Crippen LogP contribution in [0.1, 0.15) is 30.9 Å². The second-order valence-corrected chi connectivity index (χ2v) is 5.13.